The second-order valence-electron chi connectivity index (χ2n) is 5.60. The molecule has 116 valence electrons. The Morgan fingerprint density at radius 2 is 1.73 bits per heavy atom. The van der Waals surface area contributed by atoms with E-state index in [1.54, 1.807) is 17.0 Å². The number of hydrogen-bond donors (Lipinski definition) is 0. The van der Waals surface area contributed by atoms with Crippen LogP contribution in [-0.4, -0.2) is 41.0 Å². The predicted octanol–water partition coefficient (Wildman–Crippen LogP) is 2.07. The lowest BCUT2D eigenvalue weighted by molar-refractivity contribution is -0.174. The fourth-order valence-corrected chi connectivity index (χ4v) is 2.86. The van der Waals surface area contributed by atoms with E-state index in [0.717, 1.165) is 24.8 Å². The number of nitrogens with zero attached hydrogens (tertiary/aromatic N) is 2. The van der Waals surface area contributed by atoms with Gasteiger partial charge >= 0.3 is 6.09 Å². The van der Waals surface area contributed by atoms with E-state index in [1.165, 1.54) is 0 Å². The van der Waals surface area contributed by atoms with Crippen molar-refractivity contribution in [2.45, 2.75) is 31.6 Å². The van der Waals surface area contributed by atoms with Gasteiger partial charge in [0.05, 0.1) is 5.92 Å². The Kier molecular flexibility index (Phi) is 4.09. The van der Waals surface area contributed by atoms with Gasteiger partial charge in [0.1, 0.15) is 0 Å². The van der Waals surface area contributed by atoms with Gasteiger partial charge in [-0.25, -0.2) is 4.79 Å². The molecule has 1 aromatic rings. The lowest BCUT2D eigenvalue weighted by atomic mass is 9.98. The van der Waals surface area contributed by atoms with E-state index in [9.17, 15) is 14.4 Å². The minimum absolute atomic E-state index is 0.0378. The molecule has 0 N–H and O–H groups in total. The molecule has 1 aromatic carbocycles. The molecule has 22 heavy (non-hydrogen) atoms. The summed E-state index contributed by atoms with van der Waals surface area (Å²) >= 11 is 0. The maximum absolute atomic E-state index is 12.3. The van der Waals surface area contributed by atoms with Crippen LogP contribution < -0.4 is 0 Å². The lowest BCUT2D eigenvalue weighted by Gasteiger charge is -2.26. The molecule has 2 aliphatic heterocycles. The standard InChI is InChI=1S/C16H18N2O4/c19-14-11-13(12-7-3-1-4-8-12)15(20)18(14)22-16(21)17-9-5-2-6-10-17/h1,3-4,7-8,13H,2,5-6,9-11H2/t13-/m0/s1. The maximum Gasteiger partial charge on any atom is 0.434 e. The van der Waals surface area contributed by atoms with Gasteiger partial charge in [-0.15, -0.1) is 5.06 Å². The van der Waals surface area contributed by atoms with Crippen molar-refractivity contribution in [3.05, 3.63) is 35.9 Å². The number of rotatable bonds is 2. The quantitative estimate of drug-likeness (QED) is 0.784. The van der Waals surface area contributed by atoms with Crippen LogP contribution in [0.4, 0.5) is 4.79 Å². The van der Waals surface area contributed by atoms with Crippen LogP contribution in [0.5, 0.6) is 0 Å². The minimum atomic E-state index is -0.616. The van der Waals surface area contributed by atoms with Gasteiger partial charge in [-0.05, 0) is 24.8 Å². The van der Waals surface area contributed by atoms with Crippen LogP contribution in [0, 0.1) is 0 Å². The van der Waals surface area contributed by atoms with Gasteiger partial charge < -0.3 is 9.74 Å². The average molecular weight is 302 g/mol. The molecule has 3 rings (SSSR count). The number of likely N-dealkylation sites (tertiary alicyclic amines) is 1. The number of amides is 3. The molecule has 6 nitrogen and oxygen atoms in total. The van der Waals surface area contributed by atoms with E-state index >= 15 is 0 Å². The van der Waals surface area contributed by atoms with E-state index < -0.39 is 23.8 Å². The Hall–Kier alpha value is -2.37. The highest BCUT2D eigenvalue weighted by molar-refractivity contribution is 6.05. The van der Waals surface area contributed by atoms with Gasteiger partial charge in [0, 0.05) is 19.5 Å². The molecular weight excluding hydrogens is 284 g/mol. The van der Waals surface area contributed by atoms with Crippen molar-refractivity contribution in [2.75, 3.05) is 13.1 Å². The second-order valence-corrected chi connectivity index (χ2v) is 5.60. The molecule has 3 amide bonds. The molecule has 0 aromatic heterocycles. The molecule has 2 saturated heterocycles. The third kappa shape index (κ3) is 2.81. The topological polar surface area (TPSA) is 66.9 Å². The van der Waals surface area contributed by atoms with Gasteiger partial charge in [-0.2, -0.15) is 0 Å². The third-order valence-electron chi connectivity index (χ3n) is 4.09. The molecule has 0 bridgehead atoms. The summed E-state index contributed by atoms with van der Waals surface area (Å²) in [5, 5.41) is 0.634. The summed E-state index contributed by atoms with van der Waals surface area (Å²) in [4.78, 5) is 43.0. The average Bonchev–Trinajstić information content (AvgIpc) is 2.84. The zero-order chi connectivity index (χ0) is 15.5. The fraction of sp³-hybridized carbons (Fsp3) is 0.438. The lowest BCUT2D eigenvalue weighted by Crippen LogP contribution is -2.42. The van der Waals surface area contributed by atoms with Crippen LogP contribution in [0.15, 0.2) is 30.3 Å². The van der Waals surface area contributed by atoms with Crippen molar-refractivity contribution in [3.63, 3.8) is 0 Å². The molecule has 2 fully saturated rings. The third-order valence-corrected chi connectivity index (χ3v) is 4.09. The van der Waals surface area contributed by atoms with Crippen LogP contribution in [0.3, 0.4) is 0 Å². The number of piperidine rings is 1. The number of carbonyl (C=O) groups excluding carboxylic acids is 3. The van der Waals surface area contributed by atoms with E-state index in [-0.39, 0.29) is 6.42 Å². The Labute approximate surface area is 128 Å². The molecule has 1 atom stereocenters. The highest BCUT2D eigenvalue weighted by Gasteiger charge is 2.43. The van der Waals surface area contributed by atoms with Crippen molar-refractivity contribution in [1.82, 2.24) is 9.96 Å². The molecule has 2 aliphatic rings. The minimum Gasteiger partial charge on any atom is -0.311 e. The normalized spacial score (nSPS) is 22.1. The first-order valence-corrected chi connectivity index (χ1v) is 7.55. The monoisotopic (exact) mass is 302 g/mol. The fourth-order valence-electron chi connectivity index (χ4n) is 2.86. The summed E-state index contributed by atoms with van der Waals surface area (Å²) in [6.07, 6.45) is 2.35. The van der Waals surface area contributed by atoms with Gasteiger partial charge in [-0.1, -0.05) is 30.3 Å². The summed E-state index contributed by atoms with van der Waals surface area (Å²) in [6.45, 7) is 1.22. The smallest absolute Gasteiger partial charge is 0.311 e. The van der Waals surface area contributed by atoms with E-state index in [0.29, 0.717) is 18.2 Å². The van der Waals surface area contributed by atoms with Crippen LogP contribution >= 0.6 is 0 Å². The molecule has 2 heterocycles. The molecule has 0 saturated carbocycles. The van der Waals surface area contributed by atoms with Crippen LogP contribution in [-0.2, 0) is 14.4 Å². The number of hydrogen-bond acceptors (Lipinski definition) is 4. The van der Waals surface area contributed by atoms with Crippen LogP contribution in [0.25, 0.3) is 0 Å². The second kappa shape index (κ2) is 6.17. The molecule has 0 radical (unpaired) electrons. The zero-order valence-corrected chi connectivity index (χ0v) is 12.2. The molecule has 0 aliphatic carbocycles. The maximum atomic E-state index is 12.3. The van der Waals surface area contributed by atoms with Crippen molar-refractivity contribution in [2.24, 2.45) is 0 Å². The number of carbonyl (C=O) groups is 3. The van der Waals surface area contributed by atoms with Crippen LogP contribution in [0.2, 0.25) is 0 Å². The number of benzene rings is 1. The first-order valence-electron chi connectivity index (χ1n) is 7.55. The predicted molar refractivity (Wildman–Crippen MR) is 77.6 cm³/mol. The molecule has 0 spiro atoms. The summed E-state index contributed by atoms with van der Waals surface area (Å²) in [5.41, 5.74) is 0.761. The summed E-state index contributed by atoms with van der Waals surface area (Å²) in [5.74, 6) is -1.51. The van der Waals surface area contributed by atoms with Crippen molar-refractivity contribution < 1.29 is 19.2 Å². The van der Waals surface area contributed by atoms with Gasteiger partial charge in [0.25, 0.3) is 11.8 Å². The van der Waals surface area contributed by atoms with Gasteiger partial charge in [0.2, 0.25) is 0 Å². The highest BCUT2D eigenvalue weighted by Crippen LogP contribution is 2.30. The van der Waals surface area contributed by atoms with E-state index in [1.807, 2.05) is 18.2 Å². The molecule has 0 unspecified atom stereocenters. The van der Waals surface area contributed by atoms with E-state index in [2.05, 4.69) is 0 Å². The van der Waals surface area contributed by atoms with Crippen molar-refractivity contribution >= 4 is 17.9 Å². The van der Waals surface area contributed by atoms with E-state index in [4.69, 9.17) is 4.84 Å². The van der Waals surface area contributed by atoms with Crippen molar-refractivity contribution in [1.29, 1.82) is 0 Å². The molecular formula is C16H18N2O4. The Morgan fingerprint density at radius 3 is 2.41 bits per heavy atom. The Balaban J connectivity index is 1.68. The van der Waals surface area contributed by atoms with Gasteiger partial charge in [0.15, 0.2) is 0 Å². The SMILES string of the molecule is O=C(ON1C(=O)C[C@@H](c2ccccc2)C1=O)N1CCCCC1. The van der Waals surface area contributed by atoms with Crippen LogP contribution in [0.1, 0.15) is 37.2 Å². The summed E-state index contributed by atoms with van der Waals surface area (Å²) in [7, 11) is 0. The molecule has 6 heteroatoms. The first kappa shape index (κ1) is 14.6. The van der Waals surface area contributed by atoms with Gasteiger partial charge in [-0.3, -0.25) is 9.59 Å². The summed E-state index contributed by atoms with van der Waals surface area (Å²) in [6, 6.07) is 9.07. The zero-order valence-electron chi connectivity index (χ0n) is 12.2. The Morgan fingerprint density at radius 1 is 1.05 bits per heavy atom. The number of imide groups is 1. The first-order chi connectivity index (χ1) is 10.7. The largest absolute Gasteiger partial charge is 0.434 e. The Bertz CT molecular complexity index is 581. The number of hydroxylamine groups is 2. The summed E-state index contributed by atoms with van der Waals surface area (Å²) < 4.78 is 0. The van der Waals surface area contributed by atoms with Crippen molar-refractivity contribution in [3.8, 4) is 0 Å². The highest BCUT2D eigenvalue weighted by atomic mass is 16.7.